The second-order valence-corrected chi connectivity index (χ2v) is 8.34. The summed E-state index contributed by atoms with van der Waals surface area (Å²) in [5, 5.41) is 10.2. The van der Waals surface area contributed by atoms with E-state index in [-0.39, 0.29) is 30.0 Å². The van der Waals surface area contributed by atoms with E-state index < -0.39 is 0 Å². The summed E-state index contributed by atoms with van der Waals surface area (Å²) < 4.78 is 11.4. The molecule has 2 heterocycles. The van der Waals surface area contributed by atoms with Gasteiger partial charge in [-0.25, -0.2) is 4.98 Å². The lowest BCUT2D eigenvalue weighted by molar-refractivity contribution is 0.287. The molecule has 1 saturated heterocycles. The second-order valence-electron chi connectivity index (χ2n) is 7.50. The first-order chi connectivity index (χ1) is 15.1. The van der Waals surface area contributed by atoms with Gasteiger partial charge in [-0.2, -0.15) is 0 Å². The number of hydrogen-bond donors (Lipinski definition) is 2. The Morgan fingerprint density at radius 1 is 1.19 bits per heavy atom. The molecular weight excluding hydrogens is 537 g/mol. The first-order valence-corrected chi connectivity index (χ1v) is 12.1. The average molecular weight is 574 g/mol. The average Bonchev–Trinajstić information content (AvgIpc) is 3.46. The van der Waals surface area contributed by atoms with Crippen molar-refractivity contribution in [3.63, 3.8) is 0 Å². The minimum atomic E-state index is 0. The zero-order valence-electron chi connectivity index (χ0n) is 19.5. The van der Waals surface area contributed by atoms with Crippen LogP contribution in [0.15, 0.2) is 28.6 Å². The Labute approximate surface area is 213 Å². The molecule has 0 spiro atoms. The number of aliphatic imine (C=N–C) groups is 1. The van der Waals surface area contributed by atoms with Crippen LogP contribution in [0.5, 0.6) is 11.5 Å². The Hall–Kier alpha value is -1.75. The summed E-state index contributed by atoms with van der Waals surface area (Å²) in [5.41, 5.74) is 2.25. The third-order valence-electron chi connectivity index (χ3n) is 5.23. The molecule has 1 unspecified atom stereocenters. The molecule has 1 aliphatic heterocycles. The molecule has 2 N–H and O–H groups in total. The van der Waals surface area contributed by atoms with Gasteiger partial charge in [-0.15, -0.1) is 35.3 Å². The number of halogens is 1. The minimum Gasteiger partial charge on any atom is -0.490 e. The number of ether oxygens (including phenoxy) is 2. The predicted molar refractivity (Wildman–Crippen MR) is 144 cm³/mol. The van der Waals surface area contributed by atoms with Crippen LogP contribution < -0.4 is 25.0 Å². The quantitative estimate of drug-likeness (QED) is 0.246. The topological polar surface area (TPSA) is 71.0 Å². The van der Waals surface area contributed by atoms with Crippen LogP contribution >= 0.6 is 35.3 Å². The minimum absolute atomic E-state index is 0. The van der Waals surface area contributed by atoms with Gasteiger partial charge in [0.1, 0.15) is 0 Å². The molecule has 178 valence electrons. The standard InChI is InChI=1S/C23H35N5O2S.HI/c1-5-29-20-10-9-18(15-21(20)30-6-2)17(3)26-22(24-4)25-12-11-19-16-31-23(27-19)28-13-7-8-14-28;/h9-10,15-17H,5-8,11-14H2,1-4H3,(H2,24,25,26);1H. The van der Waals surface area contributed by atoms with Crippen molar-refractivity contribution in [2.45, 2.75) is 46.1 Å². The summed E-state index contributed by atoms with van der Waals surface area (Å²) in [4.78, 5) is 11.5. The summed E-state index contributed by atoms with van der Waals surface area (Å²) in [5.74, 6) is 2.32. The van der Waals surface area contributed by atoms with Crippen LogP contribution in [0.25, 0.3) is 0 Å². The lowest BCUT2D eigenvalue weighted by Crippen LogP contribution is -2.39. The Bertz CT molecular complexity index is 855. The molecule has 9 heteroatoms. The van der Waals surface area contributed by atoms with Crippen LogP contribution in [-0.4, -0.2) is 50.8 Å². The van der Waals surface area contributed by atoms with Crippen LogP contribution in [0.3, 0.4) is 0 Å². The van der Waals surface area contributed by atoms with Gasteiger partial charge in [0.25, 0.3) is 0 Å². The highest BCUT2D eigenvalue weighted by atomic mass is 127. The van der Waals surface area contributed by atoms with E-state index in [4.69, 9.17) is 14.5 Å². The molecule has 2 aromatic rings. The van der Waals surface area contributed by atoms with Crippen LogP contribution in [-0.2, 0) is 6.42 Å². The van der Waals surface area contributed by atoms with Gasteiger partial charge in [0.15, 0.2) is 22.6 Å². The Morgan fingerprint density at radius 3 is 2.59 bits per heavy atom. The maximum absolute atomic E-state index is 5.76. The van der Waals surface area contributed by atoms with Gasteiger partial charge in [0, 0.05) is 38.5 Å². The van der Waals surface area contributed by atoms with Gasteiger partial charge in [0.2, 0.25) is 0 Å². The predicted octanol–water partition coefficient (Wildman–Crippen LogP) is 4.63. The van der Waals surface area contributed by atoms with Gasteiger partial charge in [-0.3, -0.25) is 4.99 Å². The summed E-state index contributed by atoms with van der Waals surface area (Å²) >= 11 is 1.75. The molecule has 3 rings (SSSR count). The number of thiazole rings is 1. The summed E-state index contributed by atoms with van der Waals surface area (Å²) in [6.45, 7) is 10.3. The van der Waals surface area contributed by atoms with Gasteiger partial charge in [-0.1, -0.05) is 6.07 Å². The van der Waals surface area contributed by atoms with E-state index in [0.29, 0.717) is 13.2 Å². The molecule has 0 bridgehead atoms. The fourth-order valence-corrected chi connectivity index (χ4v) is 4.51. The van der Waals surface area contributed by atoms with Crippen LogP contribution in [0.4, 0.5) is 5.13 Å². The van der Waals surface area contributed by atoms with Gasteiger partial charge >= 0.3 is 0 Å². The lowest BCUT2D eigenvalue weighted by atomic mass is 10.1. The number of hydrogen-bond acceptors (Lipinski definition) is 6. The van der Waals surface area contributed by atoms with E-state index in [2.05, 4.69) is 38.9 Å². The molecule has 7 nitrogen and oxygen atoms in total. The maximum atomic E-state index is 5.76. The first-order valence-electron chi connectivity index (χ1n) is 11.2. The van der Waals surface area contributed by atoms with E-state index in [9.17, 15) is 0 Å². The highest BCUT2D eigenvalue weighted by Crippen LogP contribution is 2.30. The SMILES string of the molecule is CCOc1ccc(C(C)NC(=NC)NCCc2csc(N3CCCC3)n2)cc1OCC.I. The number of rotatable bonds is 10. The van der Waals surface area contributed by atoms with Crippen molar-refractivity contribution in [1.82, 2.24) is 15.6 Å². The van der Waals surface area contributed by atoms with E-state index >= 15 is 0 Å². The van der Waals surface area contributed by atoms with Gasteiger partial charge in [-0.05, 0) is 51.3 Å². The maximum Gasteiger partial charge on any atom is 0.191 e. The Kier molecular flexibility index (Phi) is 11.4. The molecule has 32 heavy (non-hydrogen) atoms. The van der Waals surface area contributed by atoms with Crippen molar-refractivity contribution in [2.24, 2.45) is 4.99 Å². The Morgan fingerprint density at radius 2 is 1.91 bits per heavy atom. The molecule has 0 aliphatic carbocycles. The molecule has 1 aromatic carbocycles. The Balaban J connectivity index is 0.00000363. The number of nitrogens with one attached hydrogen (secondary N) is 2. The molecule has 1 atom stereocenters. The molecule has 0 saturated carbocycles. The van der Waals surface area contributed by atoms with Crippen molar-refractivity contribution in [2.75, 3.05) is 44.8 Å². The summed E-state index contributed by atoms with van der Waals surface area (Å²) in [6.07, 6.45) is 3.42. The van der Waals surface area contributed by atoms with Crippen LogP contribution in [0, 0.1) is 0 Å². The monoisotopic (exact) mass is 573 g/mol. The summed E-state index contributed by atoms with van der Waals surface area (Å²) in [6, 6.07) is 6.14. The highest BCUT2D eigenvalue weighted by Gasteiger charge is 2.16. The zero-order chi connectivity index (χ0) is 22.1. The number of benzene rings is 1. The molecule has 1 aliphatic rings. The lowest BCUT2D eigenvalue weighted by Gasteiger charge is -2.20. The van der Waals surface area contributed by atoms with Crippen LogP contribution in [0.1, 0.15) is 50.9 Å². The molecule has 1 aromatic heterocycles. The number of guanidine groups is 1. The van der Waals surface area contributed by atoms with Crippen molar-refractivity contribution in [3.05, 3.63) is 34.8 Å². The van der Waals surface area contributed by atoms with E-state index in [1.54, 1.807) is 18.4 Å². The first kappa shape index (κ1) is 26.5. The van der Waals surface area contributed by atoms with Crippen molar-refractivity contribution in [3.8, 4) is 11.5 Å². The van der Waals surface area contributed by atoms with Crippen molar-refractivity contribution in [1.29, 1.82) is 0 Å². The molecule has 0 radical (unpaired) electrons. The van der Waals surface area contributed by atoms with E-state index in [1.165, 1.54) is 12.8 Å². The van der Waals surface area contributed by atoms with E-state index in [0.717, 1.165) is 59.9 Å². The largest absolute Gasteiger partial charge is 0.490 e. The highest BCUT2D eigenvalue weighted by molar-refractivity contribution is 14.0. The number of aromatic nitrogens is 1. The van der Waals surface area contributed by atoms with Gasteiger partial charge < -0.3 is 25.0 Å². The second kappa shape index (κ2) is 13.7. The van der Waals surface area contributed by atoms with Gasteiger partial charge in [0.05, 0.1) is 24.9 Å². The third kappa shape index (κ3) is 7.40. The normalized spacial score (nSPS) is 14.6. The van der Waals surface area contributed by atoms with Crippen molar-refractivity contribution >= 4 is 46.4 Å². The number of nitrogens with zero attached hydrogens (tertiary/aromatic N) is 3. The fraction of sp³-hybridized carbons (Fsp3) is 0.565. The molecular formula is C23H36IN5O2S. The molecule has 1 fully saturated rings. The van der Waals surface area contributed by atoms with Crippen LogP contribution in [0.2, 0.25) is 0 Å². The zero-order valence-corrected chi connectivity index (χ0v) is 22.7. The summed E-state index contributed by atoms with van der Waals surface area (Å²) in [7, 11) is 1.79. The smallest absolute Gasteiger partial charge is 0.191 e. The van der Waals surface area contributed by atoms with E-state index in [1.807, 2.05) is 26.0 Å². The third-order valence-corrected chi connectivity index (χ3v) is 6.18. The van der Waals surface area contributed by atoms with Crippen molar-refractivity contribution < 1.29 is 9.47 Å². The number of anilines is 1. The fourth-order valence-electron chi connectivity index (χ4n) is 3.59. The molecule has 0 amide bonds.